The van der Waals surface area contributed by atoms with E-state index in [9.17, 15) is 8.42 Å². The van der Waals surface area contributed by atoms with E-state index in [0.29, 0.717) is 0 Å². The van der Waals surface area contributed by atoms with E-state index in [1.807, 2.05) is 30.3 Å². The van der Waals surface area contributed by atoms with Crippen LogP contribution in [0.15, 0.2) is 59.5 Å². The van der Waals surface area contributed by atoms with Crippen molar-refractivity contribution in [1.29, 1.82) is 0 Å². The largest absolute Gasteiger partial charge is 0.315 e. The molecular weight excluding hydrogens is 260 g/mol. The lowest BCUT2D eigenvalue weighted by atomic mass is 10.1. The smallest absolute Gasteiger partial charge is 0.241 e. The molecule has 2 rings (SSSR count). The molecule has 0 aliphatic heterocycles. The molecule has 0 heterocycles. The summed E-state index contributed by atoms with van der Waals surface area (Å²) in [5.41, 5.74) is 7.47. The van der Waals surface area contributed by atoms with Crippen LogP contribution in [0, 0.1) is 0 Å². The van der Waals surface area contributed by atoms with Crippen molar-refractivity contribution in [1.82, 2.24) is 4.72 Å². The summed E-state index contributed by atoms with van der Waals surface area (Å²) in [7, 11) is -3.53. The minimum absolute atomic E-state index is 0.212. The summed E-state index contributed by atoms with van der Waals surface area (Å²) < 4.78 is 26.1. The van der Waals surface area contributed by atoms with Crippen molar-refractivity contribution in [3.8, 4) is 11.1 Å². The molecule has 19 heavy (non-hydrogen) atoms. The van der Waals surface area contributed by atoms with E-state index in [0.717, 1.165) is 11.1 Å². The van der Waals surface area contributed by atoms with Gasteiger partial charge in [0.1, 0.15) is 0 Å². The second-order valence-electron chi connectivity index (χ2n) is 4.30. The molecule has 2 aromatic carbocycles. The topological polar surface area (TPSA) is 72.2 Å². The fraction of sp³-hybridized carbons (Fsp3) is 0.143. The fourth-order valence-electron chi connectivity index (χ4n) is 1.77. The van der Waals surface area contributed by atoms with Gasteiger partial charge in [0.05, 0.1) is 11.1 Å². The van der Waals surface area contributed by atoms with Gasteiger partial charge >= 0.3 is 0 Å². The number of hydrogen-bond acceptors (Lipinski definition) is 3. The summed E-state index contributed by atoms with van der Waals surface area (Å²) in [6.07, 6.45) is -0.612. The molecule has 1 atom stereocenters. The third-order valence-electron chi connectivity index (χ3n) is 2.61. The molecule has 0 aliphatic rings. The SMILES string of the molecule is CC(N)NS(=O)(=O)c1ccc(-c2ccccc2)cc1. The summed E-state index contributed by atoms with van der Waals surface area (Å²) in [6, 6.07) is 16.5. The van der Waals surface area contributed by atoms with Gasteiger partial charge in [0.15, 0.2) is 0 Å². The first-order valence-corrected chi connectivity index (χ1v) is 7.41. The Morgan fingerprint density at radius 2 is 1.47 bits per heavy atom. The van der Waals surface area contributed by atoms with Gasteiger partial charge in [-0.3, -0.25) is 0 Å². The lowest BCUT2D eigenvalue weighted by Crippen LogP contribution is -2.38. The molecule has 0 amide bonds. The first kappa shape index (κ1) is 13.7. The predicted octanol–water partition coefficient (Wildman–Crippen LogP) is 1.94. The van der Waals surface area contributed by atoms with E-state index in [4.69, 9.17) is 5.73 Å². The molecule has 5 heteroatoms. The Morgan fingerprint density at radius 3 is 2.00 bits per heavy atom. The van der Waals surface area contributed by atoms with E-state index >= 15 is 0 Å². The van der Waals surface area contributed by atoms with E-state index in [-0.39, 0.29) is 4.90 Å². The van der Waals surface area contributed by atoms with Gasteiger partial charge in [0, 0.05) is 0 Å². The molecule has 0 bridgehead atoms. The third kappa shape index (κ3) is 3.41. The standard InChI is InChI=1S/C14H16N2O2S/c1-11(15)16-19(17,18)14-9-7-13(8-10-14)12-5-3-2-4-6-12/h2-11,16H,15H2,1H3. The third-order valence-corrected chi connectivity index (χ3v) is 4.19. The van der Waals surface area contributed by atoms with Gasteiger partial charge in [0.2, 0.25) is 10.0 Å². The Hall–Kier alpha value is -1.69. The van der Waals surface area contributed by atoms with Crippen molar-refractivity contribution in [3.05, 3.63) is 54.6 Å². The first-order chi connectivity index (χ1) is 8.99. The molecular formula is C14H16N2O2S. The Morgan fingerprint density at radius 1 is 0.947 bits per heavy atom. The van der Waals surface area contributed by atoms with Crippen molar-refractivity contribution in [2.75, 3.05) is 0 Å². The number of sulfonamides is 1. The van der Waals surface area contributed by atoms with Crippen LogP contribution in [0.2, 0.25) is 0 Å². The molecule has 2 aromatic rings. The van der Waals surface area contributed by atoms with E-state index in [2.05, 4.69) is 4.72 Å². The van der Waals surface area contributed by atoms with Crippen LogP contribution < -0.4 is 10.5 Å². The van der Waals surface area contributed by atoms with Crippen LogP contribution in [0.25, 0.3) is 11.1 Å². The summed E-state index contributed by atoms with van der Waals surface area (Å²) in [5.74, 6) is 0. The van der Waals surface area contributed by atoms with Crippen molar-refractivity contribution in [2.24, 2.45) is 5.73 Å². The van der Waals surface area contributed by atoms with Crippen LogP contribution in [0.4, 0.5) is 0 Å². The van der Waals surface area contributed by atoms with E-state index < -0.39 is 16.2 Å². The zero-order chi connectivity index (χ0) is 13.9. The number of rotatable bonds is 4. The maximum Gasteiger partial charge on any atom is 0.241 e. The lowest BCUT2D eigenvalue weighted by Gasteiger charge is -2.10. The summed E-state index contributed by atoms with van der Waals surface area (Å²) in [4.78, 5) is 0.212. The minimum Gasteiger partial charge on any atom is -0.315 e. The second kappa shape index (κ2) is 5.52. The maximum atomic E-state index is 11.9. The molecule has 0 aliphatic carbocycles. The highest BCUT2D eigenvalue weighted by Gasteiger charge is 2.15. The van der Waals surface area contributed by atoms with Crippen molar-refractivity contribution in [2.45, 2.75) is 18.0 Å². The highest BCUT2D eigenvalue weighted by atomic mass is 32.2. The Bertz CT molecular complexity index is 635. The van der Waals surface area contributed by atoms with Crippen molar-refractivity contribution < 1.29 is 8.42 Å². The predicted molar refractivity (Wildman–Crippen MR) is 75.8 cm³/mol. The van der Waals surface area contributed by atoms with Crippen LogP contribution in [0.5, 0.6) is 0 Å². The maximum absolute atomic E-state index is 11.9. The van der Waals surface area contributed by atoms with Gasteiger partial charge in [0.25, 0.3) is 0 Å². The van der Waals surface area contributed by atoms with Crippen molar-refractivity contribution in [3.63, 3.8) is 0 Å². The monoisotopic (exact) mass is 276 g/mol. The quantitative estimate of drug-likeness (QED) is 0.838. The molecule has 4 nitrogen and oxygen atoms in total. The van der Waals surface area contributed by atoms with Gasteiger partial charge in [-0.05, 0) is 30.2 Å². The van der Waals surface area contributed by atoms with Crippen LogP contribution >= 0.6 is 0 Å². The number of nitrogens with one attached hydrogen (secondary N) is 1. The number of hydrogen-bond donors (Lipinski definition) is 2. The summed E-state index contributed by atoms with van der Waals surface area (Å²) >= 11 is 0. The molecule has 0 saturated carbocycles. The molecule has 0 aromatic heterocycles. The van der Waals surface area contributed by atoms with Crippen LogP contribution in [0.3, 0.4) is 0 Å². The zero-order valence-corrected chi connectivity index (χ0v) is 11.4. The summed E-state index contributed by atoms with van der Waals surface area (Å²) in [6.45, 7) is 1.58. The van der Waals surface area contributed by atoms with Crippen LogP contribution in [-0.2, 0) is 10.0 Å². The minimum atomic E-state index is -3.53. The molecule has 0 saturated heterocycles. The van der Waals surface area contributed by atoms with Gasteiger partial charge < -0.3 is 5.73 Å². The van der Waals surface area contributed by atoms with E-state index in [1.54, 1.807) is 31.2 Å². The second-order valence-corrected chi connectivity index (χ2v) is 6.01. The van der Waals surface area contributed by atoms with Gasteiger partial charge in [-0.1, -0.05) is 42.5 Å². The number of nitrogens with two attached hydrogens (primary N) is 1. The molecule has 1 unspecified atom stereocenters. The average molecular weight is 276 g/mol. The fourth-order valence-corrected chi connectivity index (χ4v) is 2.89. The van der Waals surface area contributed by atoms with Gasteiger partial charge in [-0.2, -0.15) is 4.72 Å². The Balaban J connectivity index is 2.29. The van der Waals surface area contributed by atoms with Gasteiger partial charge in [-0.15, -0.1) is 0 Å². The first-order valence-electron chi connectivity index (χ1n) is 5.92. The highest BCUT2D eigenvalue weighted by molar-refractivity contribution is 7.89. The van der Waals surface area contributed by atoms with Crippen LogP contribution in [-0.4, -0.2) is 14.6 Å². The van der Waals surface area contributed by atoms with Crippen molar-refractivity contribution >= 4 is 10.0 Å². The van der Waals surface area contributed by atoms with Crippen LogP contribution in [0.1, 0.15) is 6.92 Å². The average Bonchev–Trinajstić information content (AvgIpc) is 2.38. The molecule has 3 N–H and O–H groups in total. The normalized spacial score (nSPS) is 13.2. The molecule has 0 spiro atoms. The molecule has 0 fully saturated rings. The van der Waals surface area contributed by atoms with Gasteiger partial charge in [-0.25, -0.2) is 8.42 Å². The highest BCUT2D eigenvalue weighted by Crippen LogP contribution is 2.20. The summed E-state index contributed by atoms with van der Waals surface area (Å²) in [5, 5.41) is 0. The lowest BCUT2D eigenvalue weighted by molar-refractivity contribution is 0.565. The zero-order valence-electron chi connectivity index (χ0n) is 10.6. The Kier molecular flexibility index (Phi) is 3.99. The molecule has 0 radical (unpaired) electrons. The Labute approximate surface area is 113 Å². The molecule has 100 valence electrons. The number of benzene rings is 2. The van der Waals surface area contributed by atoms with E-state index in [1.165, 1.54) is 0 Å².